The molecule has 140 valence electrons. The van der Waals surface area contributed by atoms with Gasteiger partial charge in [0.15, 0.2) is 6.29 Å². The highest BCUT2D eigenvalue weighted by Crippen LogP contribution is 2.93. The van der Waals surface area contributed by atoms with Gasteiger partial charge in [-0.1, -0.05) is 6.92 Å². The third-order valence-corrected chi connectivity index (χ3v) is 12.4. The fourth-order valence-corrected chi connectivity index (χ4v) is 13.1. The molecule has 16 unspecified atom stereocenters. The topological polar surface area (TPSA) is 27.7 Å². The number of ether oxygens (including phenoxy) is 3. The van der Waals surface area contributed by atoms with E-state index in [1.807, 2.05) is 7.11 Å². The van der Waals surface area contributed by atoms with Crippen molar-refractivity contribution in [3.05, 3.63) is 0 Å². The van der Waals surface area contributed by atoms with Gasteiger partial charge in [0.1, 0.15) is 0 Å². The van der Waals surface area contributed by atoms with Crippen molar-refractivity contribution in [3.8, 4) is 0 Å². The molecule has 10 aliphatic rings. The van der Waals surface area contributed by atoms with Crippen molar-refractivity contribution in [3.63, 3.8) is 0 Å². The molecule has 10 fully saturated rings. The summed E-state index contributed by atoms with van der Waals surface area (Å²) in [4.78, 5) is 0. The van der Waals surface area contributed by atoms with Gasteiger partial charge in [-0.15, -0.1) is 0 Å². The van der Waals surface area contributed by atoms with Gasteiger partial charge in [0.05, 0.1) is 18.3 Å². The number of methoxy groups -OCH3 is 1. The Hall–Kier alpha value is -0.120. The van der Waals surface area contributed by atoms with Crippen LogP contribution >= 0.6 is 0 Å². The lowest BCUT2D eigenvalue weighted by molar-refractivity contribution is -0.265. The third-order valence-electron chi connectivity index (χ3n) is 12.4. The second-order valence-corrected chi connectivity index (χ2v) is 12.0. The minimum absolute atomic E-state index is 0.0166. The molecule has 0 amide bonds. The molecule has 0 aromatic rings. The first-order chi connectivity index (χ1) is 12.7. The van der Waals surface area contributed by atoms with Gasteiger partial charge in [0.25, 0.3) is 0 Å². The molecule has 10 rings (SSSR count). The van der Waals surface area contributed by atoms with E-state index in [9.17, 15) is 0 Å². The molecule has 0 aromatic carbocycles. The van der Waals surface area contributed by atoms with Crippen molar-refractivity contribution in [1.29, 1.82) is 0 Å². The zero-order valence-electron chi connectivity index (χ0n) is 15.8. The average Bonchev–Trinajstić information content (AvgIpc) is 3.34. The predicted octanol–water partition coefficient (Wildman–Crippen LogP) is 3.33. The Morgan fingerprint density at radius 1 is 0.769 bits per heavy atom. The van der Waals surface area contributed by atoms with Crippen LogP contribution in [0.1, 0.15) is 39.0 Å². The second kappa shape index (κ2) is 3.71. The Balaban J connectivity index is 1.39. The van der Waals surface area contributed by atoms with Crippen LogP contribution in [0.4, 0.5) is 0 Å². The Labute approximate surface area is 155 Å². The first-order valence-corrected chi connectivity index (χ1v) is 11.5. The highest BCUT2D eigenvalue weighted by molar-refractivity contribution is 5.40. The highest BCUT2D eigenvalue weighted by Gasteiger charge is 2.93. The van der Waals surface area contributed by atoms with Gasteiger partial charge in [-0.2, -0.15) is 0 Å². The summed E-state index contributed by atoms with van der Waals surface area (Å²) in [5, 5.41) is 0. The molecule has 16 atom stereocenters. The fraction of sp³-hybridized carbons (Fsp3) is 1.00. The molecule has 0 radical (unpaired) electrons. The Bertz CT molecular complexity index is 748. The van der Waals surface area contributed by atoms with Gasteiger partial charge >= 0.3 is 0 Å². The summed E-state index contributed by atoms with van der Waals surface area (Å²) in [7, 11) is 1.89. The monoisotopic (exact) mass is 354 g/mol. The summed E-state index contributed by atoms with van der Waals surface area (Å²) >= 11 is 0. The van der Waals surface area contributed by atoms with Crippen LogP contribution in [0.3, 0.4) is 0 Å². The van der Waals surface area contributed by atoms with E-state index in [0.717, 1.165) is 65.6 Å². The Morgan fingerprint density at radius 3 is 2.27 bits per heavy atom. The van der Waals surface area contributed by atoms with Crippen LogP contribution in [-0.4, -0.2) is 31.7 Å². The molecule has 2 heterocycles. The van der Waals surface area contributed by atoms with Crippen LogP contribution in [0, 0.1) is 70.0 Å². The zero-order valence-corrected chi connectivity index (χ0v) is 15.8. The smallest absolute Gasteiger partial charge is 0.158 e. The fourth-order valence-electron chi connectivity index (χ4n) is 13.1. The van der Waals surface area contributed by atoms with Crippen LogP contribution in [0.15, 0.2) is 0 Å². The minimum Gasteiger partial charge on any atom is -0.373 e. The molecule has 8 saturated carbocycles. The summed E-state index contributed by atoms with van der Waals surface area (Å²) < 4.78 is 19.8. The van der Waals surface area contributed by atoms with Gasteiger partial charge in [-0.3, -0.25) is 0 Å². The first-order valence-electron chi connectivity index (χ1n) is 11.5. The van der Waals surface area contributed by atoms with Crippen molar-refractivity contribution in [2.45, 2.75) is 63.6 Å². The van der Waals surface area contributed by atoms with E-state index in [-0.39, 0.29) is 6.29 Å². The molecule has 2 saturated heterocycles. The highest BCUT2D eigenvalue weighted by atomic mass is 16.7. The van der Waals surface area contributed by atoms with Crippen molar-refractivity contribution in [2.75, 3.05) is 7.11 Å². The molecule has 3 nitrogen and oxygen atoms in total. The maximum atomic E-state index is 7.19. The maximum absolute atomic E-state index is 7.19. The summed E-state index contributed by atoms with van der Waals surface area (Å²) in [6, 6.07) is 0. The quantitative estimate of drug-likeness (QED) is 0.723. The van der Waals surface area contributed by atoms with E-state index in [2.05, 4.69) is 6.92 Å². The molecule has 8 aliphatic carbocycles. The molecule has 1 spiro atoms. The normalized spacial score (nSPS) is 80.1. The largest absolute Gasteiger partial charge is 0.373 e. The average molecular weight is 354 g/mol. The van der Waals surface area contributed by atoms with E-state index in [0.29, 0.717) is 29.1 Å². The molecule has 2 aliphatic heterocycles. The van der Waals surface area contributed by atoms with Crippen LogP contribution in [0.25, 0.3) is 0 Å². The maximum Gasteiger partial charge on any atom is 0.158 e. The van der Waals surface area contributed by atoms with Gasteiger partial charge in [0.2, 0.25) is 0 Å². The lowest BCUT2D eigenvalue weighted by atomic mass is 9.48. The molecular formula is C23H30O3. The SMILES string of the molecule is COC1CC23C4C5CCC6OC2C2(C)C7C8CCC(O1)C8C3C7C4C2C65. The summed E-state index contributed by atoms with van der Waals surface area (Å²) in [5.74, 6) is 9.56. The Kier molecular flexibility index (Phi) is 1.99. The molecule has 0 N–H and O–H groups in total. The standard InChI is InChI=1S/C23H30O3/c1-22-17-8-3-5-10-14(8)20-15(17)16-18-9-4-6-11(13(9)19(16)22)26-21(22)23(18,20)7-12(24-2)25-10/h8-21H,3-7H2,1-2H3. The molecule has 9 bridgehead atoms. The number of hydrogen-bond donors (Lipinski definition) is 0. The minimum atomic E-state index is 0.0166. The van der Waals surface area contributed by atoms with Gasteiger partial charge in [0, 0.05) is 24.4 Å². The van der Waals surface area contributed by atoms with Crippen LogP contribution in [0.5, 0.6) is 0 Å². The van der Waals surface area contributed by atoms with Crippen molar-refractivity contribution in [2.24, 2.45) is 70.0 Å². The van der Waals surface area contributed by atoms with Crippen LogP contribution < -0.4 is 0 Å². The van der Waals surface area contributed by atoms with Crippen molar-refractivity contribution < 1.29 is 14.2 Å². The summed E-state index contributed by atoms with van der Waals surface area (Å²) in [6.45, 7) is 2.72. The van der Waals surface area contributed by atoms with E-state index in [1.165, 1.54) is 25.7 Å². The Morgan fingerprint density at radius 2 is 1.46 bits per heavy atom. The lowest BCUT2D eigenvalue weighted by Crippen LogP contribution is -2.64. The number of hydrogen-bond acceptors (Lipinski definition) is 3. The molecular weight excluding hydrogens is 324 g/mol. The summed E-state index contributed by atoms with van der Waals surface area (Å²) in [6.07, 6.45) is 8.29. The lowest BCUT2D eigenvalue weighted by Gasteiger charge is -2.62. The molecule has 3 heteroatoms. The molecule has 0 aromatic heterocycles. The van der Waals surface area contributed by atoms with Gasteiger partial charge in [-0.05, 0) is 84.9 Å². The van der Waals surface area contributed by atoms with Crippen LogP contribution in [0.2, 0.25) is 0 Å². The van der Waals surface area contributed by atoms with Crippen molar-refractivity contribution >= 4 is 0 Å². The predicted molar refractivity (Wildman–Crippen MR) is 92.9 cm³/mol. The van der Waals surface area contributed by atoms with E-state index in [1.54, 1.807) is 0 Å². The second-order valence-electron chi connectivity index (χ2n) is 12.0. The van der Waals surface area contributed by atoms with E-state index < -0.39 is 0 Å². The first kappa shape index (κ1) is 14.0. The van der Waals surface area contributed by atoms with Crippen LogP contribution in [-0.2, 0) is 14.2 Å². The van der Waals surface area contributed by atoms with E-state index in [4.69, 9.17) is 14.2 Å². The third kappa shape index (κ3) is 0.981. The number of rotatable bonds is 1. The van der Waals surface area contributed by atoms with Crippen molar-refractivity contribution in [1.82, 2.24) is 0 Å². The van der Waals surface area contributed by atoms with E-state index >= 15 is 0 Å². The van der Waals surface area contributed by atoms with Gasteiger partial charge < -0.3 is 14.2 Å². The summed E-state index contributed by atoms with van der Waals surface area (Å²) in [5.41, 5.74) is 0.872. The molecule has 26 heavy (non-hydrogen) atoms. The van der Waals surface area contributed by atoms with Gasteiger partial charge in [-0.25, -0.2) is 0 Å². The zero-order chi connectivity index (χ0) is 16.7.